The van der Waals surface area contributed by atoms with Crippen molar-refractivity contribution in [3.05, 3.63) is 36.0 Å². The average molecular weight is 288 g/mol. The highest BCUT2D eigenvalue weighted by molar-refractivity contribution is 5.85. The van der Waals surface area contributed by atoms with E-state index in [1.165, 1.54) is 12.1 Å². The van der Waals surface area contributed by atoms with Gasteiger partial charge in [-0.05, 0) is 19.1 Å². The Morgan fingerprint density at radius 1 is 1.42 bits per heavy atom. The first-order chi connectivity index (χ1) is 8.61. The molecular weight excluding hydrogens is 273 g/mol. The van der Waals surface area contributed by atoms with Gasteiger partial charge >= 0.3 is 0 Å². The Morgan fingerprint density at radius 2 is 2.16 bits per heavy atom. The predicted octanol–water partition coefficient (Wildman–Crippen LogP) is 2.33. The van der Waals surface area contributed by atoms with Gasteiger partial charge in [0.2, 0.25) is 11.7 Å². The maximum absolute atomic E-state index is 13.1. The summed E-state index contributed by atoms with van der Waals surface area (Å²) in [7, 11) is 1.55. The lowest BCUT2D eigenvalue weighted by molar-refractivity contribution is 0.0848. The normalized spacial score (nSPS) is 13.7. The second-order valence-electron chi connectivity index (χ2n) is 3.93. The molecule has 1 heterocycles. The van der Waals surface area contributed by atoms with Crippen molar-refractivity contribution in [2.75, 3.05) is 7.11 Å². The van der Waals surface area contributed by atoms with Crippen LogP contribution in [-0.4, -0.2) is 23.4 Å². The third kappa shape index (κ3) is 3.50. The molecule has 2 rings (SSSR count). The number of nitrogens with two attached hydrogens (primary N) is 1. The Labute approximate surface area is 116 Å². The minimum atomic E-state index is -0.509. The highest BCUT2D eigenvalue weighted by Crippen LogP contribution is 2.20. The fourth-order valence-electron chi connectivity index (χ4n) is 1.46. The van der Waals surface area contributed by atoms with E-state index in [9.17, 15) is 4.39 Å². The fraction of sp³-hybridized carbons (Fsp3) is 0.333. The van der Waals surface area contributed by atoms with Crippen LogP contribution in [0.1, 0.15) is 18.9 Å². The second-order valence-corrected chi connectivity index (χ2v) is 3.93. The maximum Gasteiger partial charge on any atom is 0.246 e. The molecule has 2 N–H and O–H groups in total. The molecule has 1 aromatic heterocycles. The predicted molar refractivity (Wildman–Crippen MR) is 70.3 cm³/mol. The molecule has 104 valence electrons. The lowest BCUT2D eigenvalue weighted by Crippen LogP contribution is -2.25. The lowest BCUT2D eigenvalue weighted by atomic mass is 10.2. The molecule has 0 aliphatic rings. The number of hydrogen-bond donors (Lipinski definition) is 1. The Morgan fingerprint density at radius 3 is 2.79 bits per heavy atom. The van der Waals surface area contributed by atoms with Gasteiger partial charge in [0.1, 0.15) is 11.9 Å². The maximum atomic E-state index is 13.1. The van der Waals surface area contributed by atoms with Crippen LogP contribution < -0.4 is 5.73 Å². The van der Waals surface area contributed by atoms with Crippen LogP contribution in [0.5, 0.6) is 0 Å². The van der Waals surface area contributed by atoms with Crippen LogP contribution in [0.3, 0.4) is 0 Å². The first-order valence-electron chi connectivity index (χ1n) is 5.49. The van der Waals surface area contributed by atoms with Gasteiger partial charge in [-0.2, -0.15) is 4.98 Å². The van der Waals surface area contributed by atoms with E-state index in [1.54, 1.807) is 26.2 Å². The molecule has 0 saturated heterocycles. The van der Waals surface area contributed by atoms with Crippen LogP contribution >= 0.6 is 12.4 Å². The Bertz CT molecular complexity index is 535. The number of benzene rings is 1. The quantitative estimate of drug-likeness (QED) is 0.934. The Balaban J connectivity index is 0.00000180. The van der Waals surface area contributed by atoms with Crippen molar-refractivity contribution >= 4 is 12.4 Å². The first-order valence-corrected chi connectivity index (χ1v) is 5.49. The van der Waals surface area contributed by atoms with Gasteiger partial charge in [-0.25, -0.2) is 4.39 Å². The van der Waals surface area contributed by atoms with Crippen molar-refractivity contribution < 1.29 is 13.7 Å². The topological polar surface area (TPSA) is 74.2 Å². The lowest BCUT2D eigenvalue weighted by Gasteiger charge is -2.13. The minimum absolute atomic E-state index is 0. The van der Waals surface area contributed by atoms with E-state index >= 15 is 0 Å². The van der Waals surface area contributed by atoms with Gasteiger partial charge in [-0.15, -0.1) is 12.4 Å². The average Bonchev–Trinajstić information content (AvgIpc) is 2.86. The third-order valence-corrected chi connectivity index (χ3v) is 2.69. The molecule has 0 fully saturated rings. The van der Waals surface area contributed by atoms with Crippen molar-refractivity contribution in [2.45, 2.75) is 19.1 Å². The highest BCUT2D eigenvalue weighted by Gasteiger charge is 2.21. The number of aromatic nitrogens is 2. The molecule has 0 amide bonds. The van der Waals surface area contributed by atoms with E-state index in [2.05, 4.69) is 10.1 Å². The SMILES string of the molecule is CO[C@H](C)[C@@H](N)c1nc(-c2cccc(F)c2)no1.Cl. The van der Waals surface area contributed by atoms with Crippen molar-refractivity contribution in [2.24, 2.45) is 5.73 Å². The Kier molecular flexibility index (Phi) is 5.41. The summed E-state index contributed by atoms with van der Waals surface area (Å²) < 4.78 is 23.2. The van der Waals surface area contributed by atoms with Gasteiger partial charge in [0.15, 0.2) is 0 Å². The standard InChI is InChI=1S/C12H14FN3O2.ClH/c1-7(17-2)10(14)12-15-11(16-18-12)8-4-3-5-9(13)6-8;/h3-7,10H,14H2,1-2H3;1H/t7-,10-;/m1./s1. The van der Waals surface area contributed by atoms with Gasteiger partial charge in [0, 0.05) is 12.7 Å². The molecular formula is C12H15ClFN3O2. The number of methoxy groups -OCH3 is 1. The van der Waals surface area contributed by atoms with E-state index in [4.69, 9.17) is 15.0 Å². The largest absolute Gasteiger partial charge is 0.380 e. The third-order valence-electron chi connectivity index (χ3n) is 2.69. The van der Waals surface area contributed by atoms with Crippen molar-refractivity contribution in [3.63, 3.8) is 0 Å². The number of halogens is 2. The van der Waals surface area contributed by atoms with Gasteiger partial charge < -0.3 is 15.0 Å². The summed E-state index contributed by atoms with van der Waals surface area (Å²) in [5, 5.41) is 3.78. The second kappa shape index (κ2) is 6.60. The summed E-state index contributed by atoms with van der Waals surface area (Å²) in [6.07, 6.45) is -0.245. The smallest absolute Gasteiger partial charge is 0.246 e. The summed E-state index contributed by atoms with van der Waals surface area (Å²) in [6.45, 7) is 1.80. The van der Waals surface area contributed by atoms with E-state index in [-0.39, 0.29) is 30.2 Å². The van der Waals surface area contributed by atoms with E-state index in [0.29, 0.717) is 11.4 Å². The zero-order chi connectivity index (χ0) is 13.1. The number of nitrogens with zero attached hydrogens (tertiary/aromatic N) is 2. The molecule has 2 atom stereocenters. The molecule has 1 aromatic carbocycles. The number of ether oxygens (including phenoxy) is 1. The molecule has 0 unspecified atom stereocenters. The van der Waals surface area contributed by atoms with Crippen LogP contribution in [0, 0.1) is 5.82 Å². The molecule has 0 radical (unpaired) electrons. The number of hydrogen-bond acceptors (Lipinski definition) is 5. The molecule has 0 aliphatic heterocycles. The van der Waals surface area contributed by atoms with Gasteiger partial charge in [-0.3, -0.25) is 0 Å². The summed E-state index contributed by atoms with van der Waals surface area (Å²) in [6, 6.07) is 5.45. The van der Waals surface area contributed by atoms with Crippen LogP contribution in [-0.2, 0) is 4.74 Å². The highest BCUT2D eigenvalue weighted by atomic mass is 35.5. The van der Waals surface area contributed by atoms with Gasteiger partial charge in [-0.1, -0.05) is 17.3 Å². The van der Waals surface area contributed by atoms with E-state index in [0.717, 1.165) is 0 Å². The van der Waals surface area contributed by atoms with Gasteiger partial charge in [0.25, 0.3) is 0 Å². The van der Waals surface area contributed by atoms with Crippen molar-refractivity contribution in [1.29, 1.82) is 0 Å². The van der Waals surface area contributed by atoms with Crippen LogP contribution in [0.25, 0.3) is 11.4 Å². The minimum Gasteiger partial charge on any atom is -0.380 e. The van der Waals surface area contributed by atoms with Crippen LogP contribution in [0.4, 0.5) is 4.39 Å². The molecule has 0 bridgehead atoms. The van der Waals surface area contributed by atoms with Crippen molar-refractivity contribution in [1.82, 2.24) is 10.1 Å². The fourth-order valence-corrected chi connectivity index (χ4v) is 1.46. The molecule has 7 heteroatoms. The molecule has 2 aromatic rings. The van der Waals surface area contributed by atoms with Crippen LogP contribution in [0.15, 0.2) is 28.8 Å². The zero-order valence-electron chi connectivity index (χ0n) is 10.5. The molecule has 0 saturated carbocycles. The summed E-state index contributed by atoms with van der Waals surface area (Å²) in [4.78, 5) is 4.14. The Hall–Kier alpha value is -1.50. The monoisotopic (exact) mass is 287 g/mol. The summed E-state index contributed by atoms with van der Waals surface area (Å²) in [5.74, 6) is 0.222. The summed E-state index contributed by atoms with van der Waals surface area (Å²) >= 11 is 0. The zero-order valence-corrected chi connectivity index (χ0v) is 11.4. The number of rotatable bonds is 4. The van der Waals surface area contributed by atoms with Crippen molar-refractivity contribution in [3.8, 4) is 11.4 Å². The van der Waals surface area contributed by atoms with Crippen LogP contribution in [0.2, 0.25) is 0 Å². The molecule has 0 aliphatic carbocycles. The molecule has 0 spiro atoms. The molecule has 5 nitrogen and oxygen atoms in total. The van der Waals surface area contributed by atoms with E-state index in [1.807, 2.05) is 0 Å². The van der Waals surface area contributed by atoms with E-state index < -0.39 is 6.04 Å². The van der Waals surface area contributed by atoms with Gasteiger partial charge in [0.05, 0.1) is 6.10 Å². The first kappa shape index (κ1) is 15.6. The molecule has 19 heavy (non-hydrogen) atoms. The summed E-state index contributed by atoms with van der Waals surface area (Å²) in [5.41, 5.74) is 6.42.